The van der Waals surface area contributed by atoms with Gasteiger partial charge < -0.3 is 15.6 Å². The van der Waals surface area contributed by atoms with Crippen LogP contribution in [-0.4, -0.2) is 15.1 Å². The number of nitrogens with two attached hydrogens (primary N) is 1. The molecule has 0 unspecified atom stereocenters. The maximum atomic E-state index is 12.8. The van der Waals surface area contributed by atoms with E-state index in [1.807, 2.05) is 0 Å². The number of benzene rings is 1. The van der Waals surface area contributed by atoms with E-state index >= 15 is 0 Å². The number of hydrogen-bond acceptors (Lipinski definition) is 5. The Morgan fingerprint density at radius 1 is 1.43 bits per heavy atom. The van der Waals surface area contributed by atoms with Crippen LogP contribution in [0, 0.1) is 6.92 Å². The summed E-state index contributed by atoms with van der Waals surface area (Å²) < 4.78 is 43.3. The molecule has 0 radical (unpaired) electrons. The van der Waals surface area contributed by atoms with Gasteiger partial charge in [-0.1, -0.05) is 17.4 Å². The summed E-state index contributed by atoms with van der Waals surface area (Å²) >= 11 is 4.67. The van der Waals surface area contributed by atoms with E-state index in [4.69, 9.17) is 10.3 Å². The third-order valence-electron chi connectivity index (χ3n) is 2.61. The fraction of sp³-hybridized carbons (Fsp3) is 0.250. The van der Waals surface area contributed by atoms with E-state index in [0.29, 0.717) is 17.4 Å². The Bertz CT molecular complexity index is 669. The summed E-state index contributed by atoms with van der Waals surface area (Å²) in [6.45, 7) is 1.85. The molecule has 2 aromatic rings. The molecule has 0 saturated heterocycles. The van der Waals surface area contributed by atoms with Crippen LogP contribution in [0.1, 0.15) is 22.8 Å². The standard InChI is InChI=1S/C12H11F3N4OS/c1-6-18-10(19-20-6)5-17-7-2-3-9(12(13,14)15)8(4-7)11(16)21/h2-4,17H,5H2,1H3,(H2,16,21). The Morgan fingerprint density at radius 3 is 2.67 bits per heavy atom. The van der Waals surface area contributed by atoms with Crippen molar-refractivity contribution in [3.8, 4) is 0 Å². The maximum Gasteiger partial charge on any atom is 0.417 e. The monoisotopic (exact) mass is 316 g/mol. The molecule has 3 N–H and O–H groups in total. The molecule has 9 heteroatoms. The minimum absolute atomic E-state index is 0.208. The average molecular weight is 316 g/mol. The predicted molar refractivity (Wildman–Crippen MR) is 73.7 cm³/mol. The lowest BCUT2D eigenvalue weighted by atomic mass is 10.1. The molecule has 0 aliphatic rings. The summed E-state index contributed by atoms with van der Waals surface area (Å²) in [4.78, 5) is 3.65. The summed E-state index contributed by atoms with van der Waals surface area (Å²) in [5.41, 5.74) is 4.68. The fourth-order valence-corrected chi connectivity index (χ4v) is 1.87. The lowest BCUT2D eigenvalue weighted by Crippen LogP contribution is -2.18. The highest BCUT2D eigenvalue weighted by molar-refractivity contribution is 7.80. The Hall–Kier alpha value is -2.16. The second kappa shape index (κ2) is 5.68. The van der Waals surface area contributed by atoms with Crippen molar-refractivity contribution in [3.63, 3.8) is 0 Å². The third kappa shape index (κ3) is 3.69. The molecule has 21 heavy (non-hydrogen) atoms. The minimum Gasteiger partial charge on any atom is -0.389 e. The van der Waals surface area contributed by atoms with E-state index in [2.05, 4.69) is 27.7 Å². The van der Waals surface area contributed by atoms with Gasteiger partial charge in [-0.05, 0) is 18.2 Å². The highest BCUT2D eigenvalue weighted by Crippen LogP contribution is 2.33. The van der Waals surface area contributed by atoms with E-state index in [1.54, 1.807) is 6.92 Å². The molecule has 1 aromatic heterocycles. The van der Waals surface area contributed by atoms with Gasteiger partial charge in [0.15, 0.2) is 5.82 Å². The van der Waals surface area contributed by atoms with Gasteiger partial charge in [0.25, 0.3) is 0 Å². The SMILES string of the molecule is Cc1nc(CNc2ccc(C(F)(F)F)c(C(N)=S)c2)no1. The molecule has 0 fully saturated rings. The molecule has 1 aromatic carbocycles. The first-order chi connectivity index (χ1) is 9.77. The number of thiocarbonyl (C=S) groups is 1. The van der Waals surface area contributed by atoms with Crippen LogP contribution in [0.3, 0.4) is 0 Å². The lowest BCUT2D eigenvalue weighted by molar-refractivity contribution is -0.137. The first-order valence-electron chi connectivity index (χ1n) is 5.81. The van der Waals surface area contributed by atoms with Crippen molar-refractivity contribution in [1.29, 1.82) is 0 Å². The van der Waals surface area contributed by atoms with Gasteiger partial charge in [-0.15, -0.1) is 0 Å². The molecule has 0 spiro atoms. The van der Waals surface area contributed by atoms with Crippen LogP contribution in [-0.2, 0) is 12.7 Å². The van der Waals surface area contributed by atoms with Crippen molar-refractivity contribution < 1.29 is 17.7 Å². The van der Waals surface area contributed by atoms with Crippen molar-refractivity contribution >= 4 is 22.9 Å². The van der Waals surface area contributed by atoms with Gasteiger partial charge in [-0.25, -0.2) is 0 Å². The van der Waals surface area contributed by atoms with Crippen molar-refractivity contribution in [2.45, 2.75) is 19.6 Å². The van der Waals surface area contributed by atoms with Gasteiger partial charge >= 0.3 is 6.18 Å². The molecule has 0 saturated carbocycles. The van der Waals surface area contributed by atoms with Gasteiger partial charge in [0.2, 0.25) is 5.89 Å². The summed E-state index contributed by atoms with van der Waals surface area (Å²) in [6.07, 6.45) is -4.51. The molecule has 112 valence electrons. The first-order valence-corrected chi connectivity index (χ1v) is 6.22. The Labute approximate surface area is 123 Å². The number of hydrogen-bond donors (Lipinski definition) is 2. The van der Waals surface area contributed by atoms with Gasteiger partial charge in [-0.3, -0.25) is 0 Å². The van der Waals surface area contributed by atoms with Crippen molar-refractivity contribution in [1.82, 2.24) is 10.1 Å². The van der Waals surface area contributed by atoms with Crippen LogP contribution in [0.25, 0.3) is 0 Å². The highest BCUT2D eigenvalue weighted by atomic mass is 32.1. The Balaban J connectivity index is 2.22. The van der Waals surface area contributed by atoms with Gasteiger partial charge in [0.1, 0.15) is 4.99 Å². The number of anilines is 1. The van der Waals surface area contributed by atoms with Crippen LogP contribution in [0.2, 0.25) is 0 Å². The molecule has 5 nitrogen and oxygen atoms in total. The summed E-state index contributed by atoms with van der Waals surface area (Å²) in [5.74, 6) is 0.798. The molecule has 0 aliphatic carbocycles. The topological polar surface area (TPSA) is 77.0 Å². The quantitative estimate of drug-likeness (QED) is 0.845. The molecule has 0 aliphatic heterocycles. The third-order valence-corrected chi connectivity index (χ3v) is 2.83. The second-order valence-electron chi connectivity index (χ2n) is 4.21. The number of nitrogens with zero attached hydrogens (tertiary/aromatic N) is 2. The first kappa shape index (κ1) is 15.2. The average Bonchev–Trinajstić information content (AvgIpc) is 2.80. The van der Waals surface area contributed by atoms with E-state index in [1.165, 1.54) is 12.1 Å². The van der Waals surface area contributed by atoms with Gasteiger partial charge in [0, 0.05) is 18.2 Å². The number of alkyl halides is 3. The van der Waals surface area contributed by atoms with Crippen LogP contribution in [0.4, 0.5) is 18.9 Å². The largest absolute Gasteiger partial charge is 0.417 e. The van der Waals surface area contributed by atoms with Crippen LogP contribution in [0.15, 0.2) is 22.7 Å². The molecule has 0 atom stereocenters. The maximum absolute atomic E-state index is 12.8. The smallest absolute Gasteiger partial charge is 0.389 e. The highest BCUT2D eigenvalue weighted by Gasteiger charge is 2.34. The fourth-order valence-electron chi connectivity index (χ4n) is 1.70. The second-order valence-corrected chi connectivity index (χ2v) is 4.65. The van der Waals surface area contributed by atoms with E-state index in [0.717, 1.165) is 6.07 Å². The van der Waals surface area contributed by atoms with Crippen LogP contribution >= 0.6 is 12.2 Å². The molecule has 0 bridgehead atoms. The minimum atomic E-state index is -4.51. The number of aromatic nitrogens is 2. The number of nitrogens with one attached hydrogen (secondary N) is 1. The molecule has 0 amide bonds. The molecular weight excluding hydrogens is 305 g/mol. The zero-order chi connectivity index (χ0) is 15.6. The zero-order valence-corrected chi connectivity index (χ0v) is 11.7. The summed E-state index contributed by atoms with van der Waals surface area (Å²) in [7, 11) is 0. The zero-order valence-electron chi connectivity index (χ0n) is 10.9. The molecular formula is C12H11F3N4OS. The summed E-state index contributed by atoms with van der Waals surface area (Å²) in [6, 6.07) is 3.47. The van der Waals surface area contributed by atoms with Crippen LogP contribution < -0.4 is 11.1 Å². The number of rotatable bonds is 4. The van der Waals surface area contributed by atoms with Crippen molar-refractivity contribution in [2.75, 3.05) is 5.32 Å². The normalized spacial score (nSPS) is 11.4. The number of aryl methyl sites for hydroxylation is 1. The molecule has 1 heterocycles. The van der Waals surface area contributed by atoms with Gasteiger partial charge in [0.05, 0.1) is 12.1 Å². The van der Waals surface area contributed by atoms with E-state index < -0.39 is 11.7 Å². The molecule has 2 rings (SSSR count). The van der Waals surface area contributed by atoms with Crippen molar-refractivity contribution in [2.24, 2.45) is 5.73 Å². The van der Waals surface area contributed by atoms with Crippen LogP contribution in [0.5, 0.6) is 0 Å². The number of halogens is 3. The predicted octanol–water partition coefficient (Wildman–Crippen LogP) is 2.64. The van der Waals surface area contributed by atoms with Crippen molar-refractivity contribution in [3.05, 3.63) is 41.0 Å². The van der Waals surface area contributed by atoms with E-state index in [9.17, 15) is 13.2 Å². The van der Waals surface area contributed by atoms with E-state index in [-0.39, 0.29) is 17.1 Å². The van der Waals surface area contributed by atoms with Gasteiger partial charge in [-0.2, -0.15) is 18.2 Å². The Kier molecular flexibility index (Phi) is 4.12. The Morgan fingerprint density at radius 2 is 2.14 bits per heavy atom. The lowest BCUT2D eigenvalue weighted by Gasteiger charge is -2.14. The summed E-state index contributed by atoms with van der Waals surface area (Å²) in [5, 5.41) is 6.55.